The van der Waals surface area contributed by atoms with E-state index in [9.17, 15) is 4.79 Å². The van der Waals surface area contributed by atoms with E-state index in [1.54, 1.807) is 0 Å². The van der Waals surface area contributed by atoms with Crippen LogP contribution < -0.4 is 5.32 Å². The van der Waals surface area contributed by atoms with Crippen molar-refractivity contribution in [2.24, 2.45) is 0 Å². The molecule has 1 fully saturated rings. The number of carbonyl (C=O) groups excluding carboxylic acids is 1. The lowest BCUT2D eigenvalue weighted by Crippen LogP contribution is -2.42. The quantitative estimate of drug-likeness (QED) is 0.942. The fourth-order valence-corrected chi connectivity index (χ4v) is 2.72. The summed E-state index contributed by atoms with van der Waals surface area (Å²) in [6.45, 7) is 2.20. The Morgan fingerprint density at radius 1 is 1.00 bits per heavy atom. The zero-order valence-corrected chi connectivity index (χ0v) is 12.7. The lowest BCUT2D eigenvalue weighted by molar-refractivity contribution is 0.186. The number of likely N-dealkylation sites (tertiary alicyclic amines) is 1. The minimum absolute atomic E-state index is 0.0200. The maximum absolute atomic E-state index is 12.1. The molecule has 2 aromatic rings. The summed E-state index contributed by atoms with van der Waals surface area (Å²) in [5.74, 6) is 0. The van der Waals surface area contributed by atoms with E-state index in [1.165, 1.54) is 6.42 Å². The van der Waals surface area contributed by atoms with Gasteiger partial charge in [-0.3, -0.25) is 4.98 Å². The number of rotatable bonds is 3. The molecule has 2 amide bonds. The number of piperidine rings is 1. The zero-order chi connectivity index (χ0) is 15.2. The first-order chi connectivity index (χ1) is 10.8. The minimum atomic E-state index is 0.0200. The molecular formula is C18H21N3O. The molecular weight excluding hydrogens is 274 g/mol. The number of carbonyl (C=O) groups is 1. The number of aromatic nitrogens is 1. The maximum Gasteiger partial charge on any atom is 0.317 e. The Balaban J connectivity index is 1.62. The van der Waals surface area contributed by atoms with Gasteiger partial charge in [0.2, 0.25) is 0 Å². The van der Waals surface area contributed by atoms with Crippen LogP contribution in [0.2, 0.25) is 0 Å². The minimum Gasteiger partial charge on any atom is -0.332 e. The van der Waals surface area contributed by atoms with Gasteiger partial charge in [0.15, 0.2) is 0 Å². The average molecular weight is 295 g/mol. The van der Waals surface area contributed by atoms with Crippen LogP contribution in [0.5, 0.6) is 0 Å². The second-order valence-corrected chi connectivity index (χ2v) is 5.59. The predicted octanol–water partition coefficient (Wildman–Crippen LogP) is 3.44. The first-order valence-electron chi connectivity index (χ1n) is 7.87. The summed E-state index contributed by atoms with van der Waals surface area (Å²) in [7, 11) is 0. The van der Waals surface area contributed by atoms with E-state index in [0.29, 0.717) is 6.54 Å². The van der Waals surface area contributed by atoms with E-state index < -0.39 is 0 Å². The standard InChI is InChI=1S/C18H21N3O/c22-18(21-12-5-2-6-13-21)19-14-16-10-7-11-17(20-16)15-8-3-1-4-9-15/h1,3-4,7-11H,2,5-6,12-14H2,(H,19,22). The highest BCUT2D eigenvalue weighted by Crippen LogP contribution is 2.16. The third-order valence-electron chi connectivity index (χ3n) is 3.94. The summed E-state index contributed by atoms with van der Waals surface area (Å²) in [6.07, 6.45) is 3.44. The fraction of sp³-hybridized carbons (Fsp3) is 0.333. The first-order valence-corrected chi connectivity index (χ1v) is 7.87. The Hall–Kier alpha value is -2.36. The molecule has 0 bridgehead atoms. The van der Waals surface area contributed by atoms with E-state index in [-0.39, 0.29) is 6.03 Å². The lowest BCUT2D eigenvalue weighted by Gasteiger charge is -2.26. The summed E-state index contributed by atoms with van der Waals surface area (Å²) in [5, 5.41) is 2.97. The number of nitrogens with zero attached hydrogens (tertiary/aromatic N) is 2. The van der Waals surface area contributed by atoms with Gasteiger partial charge >= 0.3 is 6.03 Å². The topological polar surface area (TPSA) is 45.2 Å². The van der Waals surface area contributed by atoms with Gasteiger partial charge in [0.25, 0.3) is 0 Å². The van der Waals surface area contributed by atoms with Gasteiger partial charge in [-0.05, 0) is 31.4 Å². The average Bonchev–Trinajstić information content (AvgIpc) is 2.61. The van der Waals surface area contributed by atoms with Crippen molar-refractivity contribution in [1.82, 2.24) is 15.2 Å². The number of benzene rings is 1. The van der Waals surface area contributed by atoms with Crippen molar-refractivity contribution in [1.29, 1.82) is 0 Å². The van der Waals surface area contributed by atoms with Crippen molar-refractivity contribution in [2.75, 3.05) is 13.1 Å². The molecule has 0 aliphatic carbocycles. The van der Waals surface area contributed by atoms with E-state index >= 15 is 0 Å². The molecule has 1 saturated heterocycles. The summed E-state index contributed by atoms with van der Waals surface area (Å²) in [4.78, 5) is 18.6. The van der Waals surface area contributed by atoms with Gasteiger partial charge in [0.05, 0.1) is 17.9 Å². The van der Waals surface area contributed by atoms with Crippen LogP contribution in [-0.4, -0.2) is 29.0 Å². The normalized spacial score (nSPS) is 14.6. The molecule has 2 heterocycles. The van der Waals surface area contributed by atoms with Crippen molar-refractivity contribution in [3.63, 3.8) is 0 Å². The first kappa shape index (κ1) is 14.6. The van der Waals surface area contributed by atoms with Crippen molar-refractivity contribution in [2.45, 2.75) is 25.8 Å². The largest absolute Gasteiger partial charge is 0.332 e. The Bertz CT molecular complexity index is 621. The molecule has 1 aliphatic heterocycles. The summed E-state index contributed by atoms with van der Waals surface area (Å²) in [5.41, 5.74) is 2.91. The van der Waals surface area contributed by atoms with Crippen molar-refractivity contribution >= 4 is 6.03 Å². The van der Waals surface area contributed by atoms with Crippen LogP contribution in [0.25, 0.3) is 11.3 Å². The van der Waals surface area contributed by atoms with Crippen LogP contribution >= 0.6 is 0 Å². The van der Waals surface area contributed by atoms with Crippen molar-refractivity contribution in [3.8, 4) is 11.3 Å². The highest BCUT2D eigenvalue weighted by molar-refractivity contribution is 5.74. The Morgan fingerprint density at radius 2 is 1.77 bits per heavy atom. The molecule has 0 radical (unpaired) electrons. The van der Waals surface area contributed by atoms with Gasteiger partial charge < -0.3 is 10.2 Å². The lowest BCUT2D eigenvalue weighted by atomic mass is 10.1. The summed E-state index contributed by atoms with van der Waals surface area (Å²) < 4.78 is 0. The molecule has 0 atom stereocenters. The third-order valence-corrected chi connectivity index (χ3v) is 3.94. The van der Waals surface area contributed by atoms with Crippen LogP contribution in [0.1, 0.15) is 25.0 Å². The highest BCUT2D eigenvalue weighted by Gasteiger charge is 2.15. The molecule has 0 spiro atoms. The Labute approximate surface area is 131 Å². The van der Waals surface area contributed by atoms with Crippen molar-refractivity contribution < 1.29 is 4.79 Å². The number of amides is 2. The molecule has 1 aliphatic rings. The molecule has 114 valence electrons. The van der Waals surface area contributed by atoms with E-state index in [2.05, 4.69) is 10.3 Å². The molecule has 0 saturated carbocycles. The number of urea groups is 1. The highest BCUT2D eigenvalue weighted by atomic mass is 16.2. The second kappa shape index (κ2) is 7.07. The van der Waals surface area contributed by atoms with E-state index in [4.69, 9.17) is 0 Å². The van der Waals surface area contributed by atoms with Gasteiger partial charge in [0.1, 0.15) is 0 Å². The van der Waals surface area contributed by atoms with Gasteiger partial charge in [-0.2, -0.15) is 0 Å². The molecule has 3 rings (SSSR count). The number of hydrogen-bond acceptors (Lipinski definition) is 2. The Kier molecular flexibility index (Phi) is 4.68. The number of nitrogens with one attached hydrogen (secondary N) is 1. The zero-order valence-electron chi connectivity index (χ0n) is 12.7. The smallest absolute Gasteiger partial charge is 0.317 e. The molecule has 1 aromatic heterocycles. The molecule has 0 unspecified atom stereocenters. The number of pyridine rings is 1. The van der Waals surface area contributed by atoms with Crippen LogP contribution in [0.4, 0.5) is 4.79 Å². The fourth-order valence-electron chi connectivity index (χ4n) is 2.72. The van der Waals surface area contributed by atoms with Gasteiger partial charge in [0, 0.05) is 18.7 Å². The maximum atomic E-state index is 12.1. The van der Waals surface area contributed by atoms with Gasteiger partial charge in [-0.25, -0.2) is 4.79 Å². The third kappa shape index (κ3) is 3.64. The number of hydrogen-bond donors (Lipinski definition) is 1. The van der Waals surface area contributed by atoms with Crippen LogP contribution in [0.3, 0.4) is 0 Å². The molecule has 4 heteroatoms. The van der Waals surface area contributed by atoms with E-state index in [1.807, 2.05) is 53.4 Å². The monoisotopic (exact) mass is 295 g/mol. The van der Waals surface area contributed by atoms with Gasteiger partial charge in [-0.1, -0.05) is 36.4 Å². The molecule has 1 N–H and O–H groups in total. The van der Waals surface area contributed by atoms with Crippen LogP contribution in [-0.2, 0) is 6.54 Å². The SMILES string of the molecule is O=C(NCc1cccc(-c2ccccc2)n1)N1CCCCC1. The molecule has 4 nitrogen and oxygen atoms in total. The summed E-state index contributed by atoms with van der Waals surface area (Å²) >= 11 is 0. The molecule has 1 aromatic carbocycles. The summed E-state index contributed by atoms with van der Waals surface area (Å²) in [6, 6.07) is 16.0. The van der Waals surface area contributed by atoms with E-state index in [0.717, 1.165) is 42.9 Å². The predicted molar refractivity (Wildman–Crippen MR) is 87.3 cm³/mol. The molecule has 22 heavy (non-hydrogen) atoms. The van der Waals surface area contributed by atoms with Crippen LogP contribution in [0.15, 0.2) is 48.5 Å². The van der Waals surface area contributed by atoms with Gasteiger partial charge in [-0.15, -0.1) is 0 Å². The van der Waals surface area contributed by atoms with Crippen molar-refractivity contribution in [3.05, 3.63) is 54.2 Å². The van der Waals surface area contributed by atoms with Crippen LogP contribution in [0, 0.1) is 0 Å². The second-order valence-electron chi connectivity index (χ2n) is 5.59. The Morgan fingerprint density at radius 3 is 2.55 bits per heavy atom.